The Morgan fingerprint density at radius 2 is 1.69 bits per heavy atom. The maximum Gasteiger partial charge on any atom is 0.345 e. The summed E-state index contributed by atoms with van der Waals surface area (Å²) in [5.74, 6) is 0.137. The normalized spacial score (nSPS) is 13.1. The summed E-state index contributed by atoms with van der Waals surface area (Å²) in [4.78, 5) is 26.1. The van der Waals surface area contributed by atoms with Crippen molar-refractivity contribution in [1.82, 2.24) is 0 Å². The summed E-state index contributed by atoms with van der Waals surface area (Å²) in [5.41, 5.74) is 3.46. The molecule has 0 spiro atoms. The molecule has 26 heavy (non-hydrogen) atoms. The number of aryl methyl sites for hydroxylation is 1. The third-order valence-electron chi connectivity index (χ3n) is 4.64. The Bertz CT molecular complexity index is 940. The van der Waals surface area contributed by atoms with Crippen LogP contribution in [0.2, 0.25) is 0 Å². The van der Waals surface area contributed by atoms with E-state index in [0.29, 0.717) is 16.9 Å². The molecule has 130 valence electrons. The topological polar surface area (TPSA) is 43.4 Å². The third-order valence-corrected chi connectivity index (χ3v) is 5.98. The minimum atomic E-state index is -0.317. The first-order valence-corrected chi connectivity index (χ1v) is 9.55. The van der Waals surface area contributed by atoms with E-state index < -0.39 is 0 Å². The van der Waals surface area contributed by atoms with Crippen LogP contribution in [0.1, 0.15) is 44.0 Å². The Balaban J connectivity index is 1.72. The van der Waals surface area contributed by atoms with Crippen molar-refractivity contribution in [2.24, 2.45) is 0 Å². The van der Waals surface area contributed by atoms with Crippen molar-refractivity contribution < 1.29 is 14.3 Å². The zero-order valence-electron chi connectivity index (χ0n) is 14.2. The molecule has 1 heterocycles. The lowest BCUT2D eigenvalue weighted by Crippen LogP contribution is -2.13. The summed E-state index contributed by atoms with van der Waals surface area (Å²) in [6, 6.07) is 16.6. The number of thiophene rings is 1. The van der Waals surface area contributed by atoms with E-state index in [-0.39, 0.29) is 5.97 Å². The molecule has 0 atom stereocenters. The summed E-state index contributed by atoms with van der Waals surface area (Å²) >= 11 is 1.71. The molecule has 0 radical (unpaired) electrons. The lowest BCUT2D eigenvalue weighted by atomic mass is 9.94. The highest BCUT2D eigenvalue weighted by Gasteiger charge is 2.27. The largest absolute Gasteiger partial charge is 0.423 e. The van der Waals surface area contributed by atoms with Crippen LogP contribution in [-0.2, 0) is 12.8 Å². The van der Waals surface area contributed by atoms with Crippen LogP contribution < -0.4 is 4.74 Å². The van der Waals surface area contributed by atoms with Gasteiger partial charge in [-0.3, -0.25) is 4.79 Å². The van der Waals surface area contributed by atoms with Gasteiger partial charge in [0.1, 0.15) is 12.0 Å². The third kappa shape index (κ3) is 3.20. The van der Waals surface area contributed by atoms with Gasteiger partial charge in [-0.05, 0) is 61.1 Å². The summed E-state index contributed by atoms with van der Waals surface area (Å²) in [7, 11) is 0. The van der Waals surface area contributed by atoms with Gasteiger partial charge in [0.05, 0.1) is 5.56 Å². The molecule has 2 aromatic carbocycles. The highest BCUT2D eigenvalue weighted by Crippen LogP contribution is 2.40. The molecule has 0 bridgehead atoms. The molecule has 3 aromatic rings. The number of fused-ring (bicyclic) bond motifs is 1. The maximum absolute atomic E-state index is 13.0. The number of ether oxygens (including phenoxy) is 1. The van der Waals surface area contributed by atoms with Gasteiger partial charge >= 0.3 is 5.97 Å². The summed E-state index contributed by atoms with van der Waals surface area (Å²) < 4.78 is 5.64. The Labute approximate surface area is 156 Å². The zero-order chi connectivity index (χ0) is 17.9. The molecule has 0 saturated heterocycles. The SMILES string of the molecule is O=Cc1ccc(OC(=O)c2c(-c3ccccc3)sc3c2CCCC3)cc1. The van der Waals surface area contributed by atoms with Gasteiger partial charge < -0.3 is 4.74 Å². The molecule has 0 fully saturated rings. The zero-order valence-corrected chi connectivity index (χ0v) is 15.1. The lowest BCUT2D eigenvalue weighted by Gasteiger charge is -2.13. The van der Waals surface area contributed by atoms with Gasteiger partial charge in [0.2, 0.25) is 0 Å². The van der Waals surface area contributed by atoms with Crippen LogP contribution in [0.3, 0.4) is 0 Å². The predicted octanol–water partition coefficient (Wildman–Crippen LogP) is 5.33. The van der Waals surface area contributed by atoms with Crippen molar-refractivity contribution in [2.75, 3.05) is 0 Å². The Hall–Kier alpha value is -2.72. The molecular formula is C22H18O3S. The molecule has 1 aliphatic carbocycles. The highest BCUT2D eigenvalue weighted by atomic mass is 32.1. The molecule has 4 rings (SSSR count). The number of rotatable bonds is 4. The second kappa shape index (κ2) is 7.26. The number of carbonyl (C=O) groups excluding carboxylic acids is 2. The van der Waals surface area contributed by atoms with Gasteiger partial charge in [0.25, 0.3) is 0 Å². The lowest BCUT2D eigenvalue weighted by molar-refractivity contribution is 0.0734. The molecule has 0 saturated carbocycles. The average Bonchev–Trinajstić information content (AvgIpc) is 3.09. The van der Waals surface area contributed by atoms with Crippen LogP contribution in [0.25, 0.3) is 10.4 Å². The molecule has 4 heteroatoms. The van der Waals surface area contributed by atoms with Crippen molar-refractivity contribution in [3.05, 3.63) is 76.2 Å². The minimum Gasteiger partial charge on any atom is -0.423 e. The van der Waals surface area contributed by atoms with Crippen LogP contribution in [0.4, 0.5) is 0 Å². The standard InChI is InChI=1S/C22H18O3S/c23-14-15-10-12-17(13-11-15)25-22(24)20-18-8-4-5-9-19(18)26-21(20)16-6-2-1-3-7-16/h1-3,6-7,10-14H,4-5,8-9H2. The van der Waals surface area contributed by atoms with E-state index in [1.807, 2.05) is 30.3 Å². The van der Waals surface area contributed by atoms with Crippen molar-refractivity contribution in [1.29, 1.82) is 0 Å². The fraction of sp³-hybridized carbons (Fsp3) is 0.182. The van der Waals surface area contributed by atoms with Gasteiger partial charge in [0, 0.05) is 15.3 Å². The average molecular weight is 362 g/mol. The summed E-state index contributed by atoms with van der Waals surface area (Å²) in [6.07, 6.45) is 5.00. The van der Waals surface area contributed by atoms with Crippen molar-refractivity contribution in [3.8, 4) is 16.2 Å². The Morgan fingerprint density at radius 1 is 0.962 bits per heavy atom. The van der Waals surface area contributed by atoms with Gasteiger partial charge in [-0.15, -0.1) is 11.3 Å². The van der Waals surface area contributed by atoms with Crippen molar-refractivity contribution in [3.63, 3.8) is 0 Å². The highest BCUT2D eigenvalue weighted by molar-refractivity contribution is 7.16. The molecule has 0 aliphatic heterocycles. The quantitative estimate of drug-likeness (QED) is 0.358. The molecule has 3 nitrogen and oxygen atoms in total. The fourth-order valence-corrected chi connectivity index (χ4v) is 4.73. The maximum atomic E-state index is 13.0. The van der Waals surface area contributed by atoms with Crippen LogP contribution in [0, 0.1) is 0 Å². The first-order chi connectivity index (χ1) is 12.8. The number of carbonyl (C=O) groups is 2. The van der Waals surface area contributed by atoms with Gasteiger partial charge in [0.15, 0.2) is 0 Å². The van der Waals surface area contributed by atoms with Crippen LogP contribution in [-0.4, -0.2) is 12.3 Å². The smallest absolute Gasteiger partial charge is 0.345 e. The second-order valence-corrected chi connectivity index (χ2v) is 7.46. The van der Waals surface area contributed by atoms with Gasteiger partial charge in [-0.25, -0.2) is 4.79 Å². The van der Waals surface area contributed by atoms with E-state index in [1.54, 1.807) is 35.6 Å². The van der Waals surface area contributed by atoms with Crippen molar-refractivity contribution >= 4 is 23.6 Å². The van der Waals surface area contributed by atoms with Crippen molar-refractivity contribution in [2.45, 2.75) is 25.7 Å². The minimum absolute atomic E-state index is 0.317. The molecular weight excluding hydrogens is 344 g/mol. The number of esters is 1. The Kier molecular flexibility index (Phi) is 4.67. The summed E-state index contributed by atoms with van der Waals surface area (Å²) in [6.45, 7) is 0. The monoisotopic (exact) mass is 362 g/mol. The molecule has 1 aromatic heterocycles. The second-order valence-electron chi connectivity index (χ2n) is 6.36. The van der Waals surface area contributed by atoms with E-state index in [4.69, 9.17) is 4.74 Å². The Morgan fingerprint density at radius 3 is 2.42 bits per heavy atom. The molecule has 0 amide bonds. The summed E-state index contributed by atoms with van der Waals surface area (Å²) in [5, 5.41) is 0. The van der Waals surface area contributed by atoms with E-state index in [9.17, 15) is 9.59 Å². The van der Waals surface area contributed by atoms with Gasteiger partial charge in [-0.2, -0.15) is 0 Å². The first-order valence-electron chi connectivity index (χ1n) is 8.73. The number of hydrogen-bond donors (Lipinski definition) is 0. The van der Waals surface area contributed by atoms with Crippen LogP contribution >= 0.6 is 11.3 Å². The van der Waals surface area contributed by atoms with E-state index in [2.05, 4.69) is 0 Å². The number of benzene rings is 2. The predicted molar refractivity (Wildman–Crippen MR) is 103 cm³/mol. The van der Waals surface area contributed by atoms with Gasteiger partial charge in [-0.1, -0.05) is 30.3 Å². The molecule has 0 unspecified atom stereocenters. The van der Waals surface area contributed by atoms with E-state index in [0.717, 1.165) is 41.6 Å². The molecule has 0 N–H and O–H groups in total. The number of aldehydes is 1. The van der Waals surface area contributed by atoms with Crippen LogP contribution in [0.5, 0.6) is 5.75 Å². The fourth-order valence-electron chi connectivity index (χ4n) is 3.35. The van der Waals surface area contributed by atoms with Crippen LogP contribution in [0.15, 0.2) is 54.6 Å². The number of hydrogen-bond acceptors (Lipinski definition) is 4. The van der Waals surface area contributed by atoms with E-state index >= 15 is 0 Å². The van der Waals surface area contributed by atoms with E-state index in [1.165, 1.54) is 11.3 Å². The first kappa shape index (κ1) is 16.7. The molecule has 1 aliphatic rings.